The molecule has 1 aromatic carbocycles. The standard InChI is InChI=1S/C18H17N3O6/c1-8(22)14-13-6-11(15(17(24)25)21(13)16(14)23)9-3-4-12(10(5-9)7-19)20-18(26)27-2/h3-5,8,13-14,22H,6H2,1-2H3,(H,20,26)(H,24,25)/t8-,13-,14-/m1/s1. The van der Waals surface area contributed by atoms with Crippen LogP contribution in [0.3, 0.4) is 0 Å². The minimum absolute atomic E-state index is 0.128. The van der Waals surface area contributed by atoms with E-state index in [0.717, 1.165) is 0 Å². The summed E-state index contributed by atoms with van der Waals surface area (Å²) in [6.45, 7) is 1.50. The predicted octanol–water partition coefficient (Wildman–Crippen LogP) is 1.14. The number of rotatable bonds is 4. The van der Waals surface area contributed by atoms with E-state index < -0.39 is 36.0 Å². The molecule has 3 rings (SSSR count). The Labute approximate surface area is 154 Å². The summed E-state index contributed by atoms with van der Waals surface area (Å²) in [7, 11) is 1.19. The molecule has 3 atom stereocenters. The van der Waals surface area contributed by atoms with Gasteiger partial charge in [-0.15, -0.1) is 0 Å². The number of carboxylic acids is 1. The molecule has 9 nitrogen and oxygen atoms in total. The number of nitrogens with one attached hydrogen (secondary N) is 1. The summed E-state index contributed by atoms with van der Waals surface area (Å²) in [5, 5.41) is 31.1. The third-order valence-corrected chi connectivity index (χ3v) is 4.84. The number of carbonyl (C=O) groups excluding carboxylic acids is 2. The lowest BCUT2D eigenvalue weighted by Crippen LogP contribution is -2.61. The van der Waals surface area contributed by atoms with Crippen LogP contribution in [0.25, 0.3) is 5.57 Å². The Kier molecular flexibility index (Phi) is 4.59. The molecule has 3 N–H and O–H groups in total. The van der Waals surface area contributed by atoms with Crippen LogP contribution >= 0.6 is 0 Å². The summed E-state index contributed by atoms with van der Waals surface area (Å²) in [5.41, 5.74) is 1.09. The molecular formula is C18H17N3O6. The highest BCUT2D eigenvalue weighted by Gasteiger charge is 2.56. The molecule has 2 aliphatic rings. The number of ether oxygens (including phenoxy) is 1. The number of nitriles is 1. The van der Waals surface area contributed by atoms with E-state index in [1.165, 1.54) is 31.1 Å². The lowest BCUT2D eigenvalue weighted by molar-refractivity contribution is -0.161. The van der Waals surface area contributed by atoms with E-state index in [1.54, 1.807) is 6.07 Å². The molecule has 2 aliphatic heterocycles. The number of amides is 2. The number of methoxy groups -OCH3 is 1. The maximum Gasteiger partial charge on any atom is 0.411 e. The second kappa shape index (κ2) is 6.74. The normalized spacial score (nSPS) is 21.9. The van der Waals surface area contributed by atoms with Crippen molar-refractivity contribution in [3.05, 3.63) is 35.0 Å². The number of aliphatic hydroxyl groups excluding tert-OH is 1. The molecule has 2 heterocycles. The van der Waals surface area contributed by atoms with Crippen molar-refractivity contribution < 1.29 is 29.3 Å². The lowest BCUT2D eigenvalue weighted by atomic mass is 9.82. The van der Waals surface area contributed by atoms with Crippen LogP contribution in [-0.4, -0.2) is 52.3 Å². The third-order valence-electron chi connectivity index (χ3n) is 4.84. The van der Waals surface area contributed by atoms with Gasteiger partial charge in [0.15, 0.2) is 0 Å². The summed E-state index contributed by atoms with van der Waals surface area (Å²) >= 11 is 0. The van der Waals surface area contributed by atoms with Crippen molar-refractivity contribution in [3.63, 3.8) is 0 Å². The number of anilines is 1. The molecule has 140 valence electrons. The van der Waals surface area contributed by atoms with Gasteiger partial charge in [0.25, 0.3) is 0 Å². The number of β-lactam (4-membered cyclic amide) rings is 1. The largest absolute Gasteiger partial charge is 0.477 e. The summed E-state index contributed by atoms with van der Waals surface area (Å²) in [6.07, 6.45) is -1.35. The summed E-state index contributed by atoms with van der Waals surface area (Å²) in [6, 6.07) is 6.02. The molecular weight excluding hydrogens is 354 g/mol. The third kappa shape index (κ3) is 2.90. The fourth-order valence-corrected chi connectivity index (χ4v) is 3.62. The van der Waals surface area contributed by atoms with E-state index >= 15 is 0 Å². The van der Waals surface area contributed by atoms with E-state index in [2.05, 4.69) is 10.1 Å². The van der Waals surface area contributed by atoms with Crippen molar-refractivity contribution in [1.82, 2.24) is 4.90 Å². The van der Waals surface area contributed by atoms with Crippen molar-refractivity contribution in [1.29, 1.82) is 5.26 Å². The van der Waals surface area contributed by atoms with Gasteiger partial charge in [-0.2, -0.15) is 5.26 Å². The van der Waals surface area contributed by atoms with Gasteiger partial charge in [-0.3, -0.25) is 10.1 Å². The van der Waals surface area contributed by atoms with Gasteiger partial charge >= 0.3 is 12.1 Å². The summed E-state index contributed by atoms with van der Waals surface area (Å²) < 4.78 is 4.50. The van der Waals surface area contributed by atoms with Gasteiger partial charge in [-0.05, 0) is 36.6 Å². The van der Waals surface area contributed by atoms with Crippen LogP contribution in [-0.2, 0) is 14.3 Å². The summed E-state index contributed by atoms with van der Waals surface area (Å²) in [4.78, 5) is 36.6. The molecule has 9 heteroatoms. The first-order valence-corrected chi connectivity index (χ1v) is 8.17. The van der Waals surface area contributed by atoms with Gasteiger partial charge < -0.3 is 19.8 Å². The van der Waals surface area contributed by atoms with E-state index in [0.29, 0.717) is 11.1 Å². The number of fused-ring (bicyclic) bond motifs is 1. The molecule has 0 saturated carbocycles. The van der Waals surface area contributed by atoms with E-state index in [4.69, 9.17) is 0 Å². The number of benzene rings is 1. The molecule has 0 spiro atoms. The van der Waals surface area contributed by atoms with E-state index in [1.807, 2.05) is 6.07 Å². The lowest BCUT2D eigenvalue weighted by Gasteiger charge is -2.44. The fraction of sp³-hybridized carbons (Fsp3) is 0.333. The molecule has 0 aromatic heterocycles. The van der Waals surface area contributed by atoms with Crippen LogP contribution in [0.2, 0.25) is 0 Å². The van der Waals surface area contributed by atoms with Crippen LogP contribution in [0.15, 0.2) is 23.9 Å². The second-order valence-corrected chi connectivity index (χ2v) is 6.37. The van der Waals surface area contributed by atoms with Crippen LogP contribution < -0.4 is 5.32 Å². The topological polar surface area (TPSA) is 140 Å². The zero-order valence-electron chi connectivity index (χ0n) is 14.6. The predicted molar refractivity (Wildman–Crippen MR) is 92.2 cm³/mol. The minimum Gasteiger partial charge on any atom is -0.477 e. The van der Waals surface area contributed by atoms with Gasteiger partial charge in [-0.25, -0.2) is 9.59 Å². The molecule has 2 amide bonds. The highest BCUT2D eigenvalue weighted by atomic mass is 16.5. The maximum absolute atomic E-state index is 12.3. The SMILES string of the molecule is COC(=O)Nc1ccc(C2=C(C(=O)O)N3C(=O)[C@H]([C@@H](C)O)[C@H]3C2)cc1C#N. The number of carbonyl (C=O) groups is 3. The van der Waals surface area contributed by atoms with Gasteiger partial charge in [0.05, 0.1) is 36.4 Å². The number of aliphatic carboxylic acids is 1. The van der Waals surface area contributed by atoms with Gasteiger partial charge in [0.2, 0.25) is 5.91 Å². The molecule has 0 radical (unpaired) electrons. The minimum atomic E-state index is -1.25. The molecule has 27 heavy (non-hydrogen) atoms. The monoisotopic (exact) mass is 371 g/mol. The number of nitrogens with zero attached hydrogens (tertiary/aromatic N) is 2. The fourth-order valence-electron chi connectivity index (χ4n) is 3.62. The quantitative estimate of drug-likeness (QED) is 0.674. The highest BCUT2D eigenvalue weighted by molar-refractivity contribution is 6.06. The number of hydrogen-bond acceptors (Lipinski definition) is 6. The highest BCUT2D eigenvalue weighted by Crippen LogP contribution is 2.47. The first kappa shape index (κ1) is 18.4. The Bertz CT molecular complexity index is 914. The summed E-state index contributed by atoms with van der Waals surface area (Å²) in [5.74, 6) is -2.32. The maximum atomic E-state index is 12.3. The van der Waals surface area contributed by atoms with Gasteiger partial charge in [0.1, 0.15) is 11.8 Å². The Balaban J connectivity index is 2.01. The van der Waals surface area contributed by atoms with Crippen LogP contribution in [0, 0.1) is 17.2 Å². The number of carboxylic acid groups (broad SMARTS) is 1. The molecule has 1 aromatic rings. The van der Waals surface area contributed by atoms with Crippen LogP contribution in [0.5, 0.6) is 0 Å². The van der Waals surface area contributed by atoms with E-state index in [9.17, 15) is 29.9 Å². The number of aliphatic hydroxyl groups is 1. The molecule has 0 unspecified atom stereocenters. The second-order valence-electron chi connectivity index (χ2n) is 6.37. The molecule has 0 aliphatic carbocycles. The van der Waals surface area contributed by atoms with Crippen molar-refractivity contribution >= 4 is 29.2 Å². The van der Waals surface area contributed by atoms with Gasteiger partial charge in [-0.1, -0.05) is 6.07 Å². The van der Waals surface area contributed by atoms with Crippen molar-refractivity contribution in [2.45, 2.75) is 25.5 Å². The molecule has 0 bridgehead atoms. The first-order chi connectivity index (χ1) is 12.8. The zero-order valence-corrected chi connectivity index (χ0v) is 14.6. The van der Waals surface area contributed by atoms with Crippen molar-refractivity contribution in [2.24, 2.45) is 5.92 Å². The molecule has 1 saturated heterocycles. The molecule has 1 fully saturated rings. The Morgan fingerprint density at radius 3 is 2.70 bits per heavy atom. The Morgan fingerprint density at radius 1 is 1.44 bits per heavy atom. The average molecular weight is 371 g/mol. The van der Waals surface area contributed by atoms with Crippen LogP contribution in [0.1, 0.15) is 24.5 Å². The number of hydrogen-bond donors (Lipinski definition) is 3. The van der Waals surface area contributed by atoms with Crippen LogP contribution in [0.4, 0.5) is 10.5 Å². The Morgan fingerprint density at radius 2 is 2.15 bits per heavy atom. The smallest absolute Gasteiger partial charge is 0.411 e. The van der Waals surface area contributed by atoms with Gasteiger partial charge in [0, 0.05) is 0 Å². The Hall–Kier alpha value is -3.38. The zero-order chi connectivity index (χ0) is 19.9. The van der Waals surface area contributed by atoms with Crippen molar-refractivity contribution in [3.8, 4) is 6.07 Å². The first-order valence-electron chi connectivity index (χ1n) is 8.17. The van der Waals surface area contributed by atoms with Crippen molar-refractivity contribution in [2.75, 3.05) is 12.4 Å². The average Bonchev–Trinajstić information content (AvgIpc) is 2.96. The van der Waals surface area contributed by atoms with E-state index in [-0.39, 0.29) is 23.4 Å².